The summed E-state index contributed by atoms with van der Waals surface area (Å²) in [6.07, 6.45) is 4.47. The van der Waals surface area contributed by atoms with Crippen LogP contribution in [0.3, 0.4) is 0 Å². The topological polar surface area (TPSA) is 71.5 Å². The average Bonchev–Trinajstić information content (AvgIpc) is 2.44. The first-order chi connectivity index (χ1) is 11.6. The van der Waals surface area contributed by atoms with Crippen LogP contribution in [-0.2, 0) is 19.9 Å². The summed E-state index contributed by atoms with van der Waals surface area (Å²) in [4.78, 5) is 0.326. The van der Waals surface area contributed by atoms with Crippen LogP contribution < -0.4 is 0 Å². The van der Waals surface area contributed by atoms with E-state index in [-0.39, 0.29) is 18.3 Å². The van der Waals surface area contributed by atoms with Gasteiger partial charge in [0.25, 0.3) is 0 Å². The average molecular weight is 386 g/mol. The summed E-state index contributed by atoms with van der Waals surface area (Å²) < 4.78 is 52.7. The maximum Gasteiger partial charge on any atom is 0.243 e. The third kappa shape index (κ3) is 3.38. The Labute approximate surface area is 151 Å². The van der Waals surface area contributed by atoms with Crippen LogP contribution >= 0.6 is 0 Å². The van der Waals surface area contributed by atoms with Crippen LogP contribution in [0.15, 0.2) is 17.0 Å². The van der Waals surface area contributed by atoms with Crippen molar-refractivity contribution in [2.24, 2.45) is 0 Å². The Morgan fingerprint density at radius 1 is 0.840 bits per heavy atom. The van der Waals surface area contributed by atoms with Crippen molar-refractivity contribution >= 4 is 19.9 Å². The molecule has 0 atom stereocenters. The van der Waals surface area contributed by atoms with Gasteiger partial charge in [-0.15, -0.1) is 0 Å². The summed E-state index contributed by atoms with van der Waals surface area (Å²) in [5.41, 5.74) is 2.46. The maximum atomic E-state index is 12.9. The number of sulfone groups is 1. The lowest BCUT2D eigenvalue weighted by Crippen LogP contribution is -2.58. The minimum absolute atomic E-state index is 0.0912. The van der Waals surface area contributed by atoms with E-state index in [0.717, 1.165) is 48.8 Å². The Kier molecular flexibility index (Phi) is 5.03. The number of aryl methyl sites for hydroxylation is 3. The first-order valence-corrected chi connectivity index (χ1v) is 12.0. The number of hydrogen-bond donors (Lipinski definition) is 0. The number of benzene rings is 1. The van der Waals surface area contributed by atoms with Gasteiger partial charge in [0.15, 0.2) is 9.84 Å². The molecule has 1 saturated heterocycles. The number of nitrogens with zero attached hydrogens (tertiary/aromatic N) is 1. The lowest BCUT2D eigenvalue weighted by molar-refractivity contribution is 0.306. The molecule has 3 rings (SSSR count). The summed E-state index contributed by atoms with van der Waals surface area (Å²) in [6.45, 7) is 5.71. The van der Waals surface area contributed by atoms with E-state index < -0.39 is 25.1 Å². The molecular formula is C18H27NO4S2. The van der Waals surface area contributed by atoms with Gasteiger partial charge in [0, 0.05) is 13.1 Å². The van der Waals surface area contributed by atoms with Gasteiger partial charge in [-0.3, -0.25) is 0 Å². The Bertz CT molecular complexity index is 839. The third-order valence-corrected chi connectivity index (χ3v) is 10.3. The van der Waals surface area contributed by atoms with Crippen molar-refractivity contribution in [1.29, 1.82) is 0 Å². The molecule has 2 fully saturated rings. The Hall–Kier alpha value is -0.920. The molecule has 1 aliphatic carbocycles. The van der Waals surface area contributed by atoms with Crippen LogP contribution in [0.1, 0.15) is 48.8 Å². The largest absolute Gasteiger partial charge is 0.243 e. The summed E-state index contributed by atoms with van der Waals surface area (Å²) >= 11 is 0. The molecule has 0 unspecified atom stereocenters. The highest BCUT2D eigenvalue weighted by Gasteiger charge is 2.46. The zero-order valence-electron chi connectivity index (χ0n) is 15.2. The molecule has 0 bridgehead atoms. The Balaban J connectivity index is 1.78. The smallest absolute Gasteiger partial charge is 0.228 e. The molecule has 0 radical (unpaired) electrons. The van der Waals surface area contributed by atoms with Crippen LogP contribution in [0.2, 0.25) is 0 Å². The van der Waals surface area contributed by atoms with Gasteiger partial charge in [0.05, 0.1) is 15.4 Å². The van der Waals surface area contributed by atoms with Gasteiger partial charge in [0.2, 0.25) is 10.0 Å². The molecule has 1 aromatic carbocycles. The van der Waals surface area contributed by atoms with Gasteiger partial charge >= 0.3 is 0 Å². The van der Waals surface area contributed by atoms with Crippen LogP contribution in [0, 0.1) is 20.8 Å². The summed E-state index contributed by atoms with van der Waals surface area (Å²) in [7, 11) is -6.87. The number of sulfonamides is 1. The molecule has 0 spiro atoms. The molecule has 0 amide bonds. The molecule has 0 aromatic heterocycles. The maximum absolute atomic E-state index is 12.9. The molecule has 25 heavy (non-hydrogen) atoms. The van der Waals surface area contributed by atoms with Gasteiger partial charge in [-0.05, 0) is 44.7 Å². The van der Waals surface area contributed by atoms with E-state index in [2.05, 4.69) is 0 Å². The molecule has 0 N–H and O–H groups in total. The SMILES string of the molecule is Cc1cc(C)c(S(=O)(=O)N2CC(S(=O)(=O)C3CCCCC3)C2)c(C)c1. The predicted molar refractivity (Wildman–Crippen MR) is 99.0 cm³/mol. The van der Waals surface area contributed by atoms with Crippen molar-refractivity contribution in [1.82, 2.24) is 4.31 Å². The summed E-state index contributed by atoms with van der Waals surface area (Å²) in [5.74, 6) is 0. The third-order valence-electron chi connectivity index (χ3n) is 5.50. The highest BCUT2D eigenvalue weighted by atomic mass is 32.2. The van der Waals surface area contributed by atoms with Crippen molar-refractivity contribution in [3.8, 4) is 0 Å². The summed E-state index contributed by atoms with van der Waals surface area (Å²) in [6, 6.07) is 3.71. The van der Waals surface area contributed by atoms with E-state index in [1.807, 2.05) is 19.1 Å². The van der Waals surface area contributed by atoms with Crippen LogP contribution in [0.4, 0.5) is 0 Å². The lowest BCUT2D eigenvalue weighted by atomic mass is 10.0. The Morgan fingerprint density at radius 2 is 1.36 bits per heavy atom. The molecule has 1 aromatic rings. The molecule has 7 heteroatoms. The molecule has 1 saturated carbocycles. The van der Waals surface area contributed by atoms with Crippen LogP contribution in [0.25, 0.3) is 0 Å². The molecule has 5 nitrogen and oxygen atoms in total. The van der Waals surface area contributed by atoms with Crippen molar-refractivity contribution in [3.63, 3.8) is 0 Å². The normalized spacial score (nSPS) is 21.2. The van der Waals surface area contributed by atoms with E-state index in [0.29, 0.717) is 4.90 Å². The standard InChI is InChI=1S/C18H27NO4S2/c1-13-9-14(2)18(15(3)10-13)25(22,23)19-11-17(12-19)24(20,21)16-7-5-4-6-8-16/h9-10,16-17H,4-8,11-12H2,1-3H3. The number of hydrogen-bond acceptors (Lipinski definition) is 4. The van der Waals surface area contributed by atoms with E-state index in [9.17, 15) is 16.8 Å². The summed E-state index contributed by atoms with van der Waals surface area (Å²) in [5, 5.41) is -0.824. The van der Waals surface area contributed by atoms with Crippen molar-refractivity contribution in [2.75, 3.05) is 13.1 Å². The number of rotatable bonds is 4. The highest BCUT2D eigenvalue weighted by Crippen LogP contribution is 2.33. The quantitative estimate of drug-likeness (QED) is 0.799. The first kappa shape index (κ1) is 18.9. The minimum atomic E-state index is -3.64. The fourth-order valence-corrected chi connectivity index (χ4v) is 8.61. The van der Waals surface area contributed by atoms with Gasteiger partial charge < -0.3 is 0 Å². The van der Waals surface area contributed by atoms with Gasteiger partial charge in [-0.2, -0.15) is 4.31 Å². The van der Waals surface area contributed by atoms with Crippen LogP contribution in [-0.4, -0.2) is 44.7 Å². The second-order valence-electron chi connectivity index (χ2n) is 7.52. The molecule has 1 aliphatic heterocycles. The van der Waals surface area contributed by atoms with Gasteiger partial charge in [0.1, 0.15) is 0 Å². The Morgan fingerprint density at radius 3 is 1.88 bits per heavy atom. The zero-order chi connectivity index (χ0) is 18.4. The second kappa shape index (κ2) is 6.67. The molecule has 1 heterocycles. The fourth-order valence-electron chi connectivity index (χ4n) is 4.17. The van der Waals surface area contributed by atoms with Gasteiger partial charge in [-0.1, -0.05) is 37.0 Å². The highest BCUT2D eigenvalue weighted by molar-refractivity contribution is 7.93. The van der Waals surface area contributed by atoms with Crippen molar-refractivity contribution < 1.29 is 16.8 Å². The van der Waals surface area contributed by atoms with E-state index in [1.165, 1.54) is 4.31 Å². The first-order valence-electron chi connectivity index (χ1n) is 8.94. The minimum Gasteiger partial charge on any atom is -0.228 e. The predicted octanol–water partition coefficient (Wildman–Crippen LogP) is 2.73. The van der Waals surface area contributed by atoms with Crippen molar-refractivity contribution in [3.05, 3.63) is 28.8 Å². The molecule has 2 aliphatic rings. The van der Waals surface area contributed by atoms with Crippen molar-refractivity contribution in [2.45, 2.75) is 68.3 Å². The monoisotopic (exact) mass is 385 g/mol. The molecule has 140 valence electrons. The van der Waals surface area contributed by atoms with E-state index in [1.54, 1.807) is 13.8 Å². The van der Waals surface area contributed by atoms with Crippen LogP contribution in [0.5, 0.6) is 0 Å². The fraction of sp³-hybridized carbons (Fsp3) is 0.667. The zero-order valence-corrected chi connectivity index (χ0v) is 16.8. The second-order valence-corrected chi connectivity index (χ2v) is 11.9. The lowest BCUT2D eigenvalue weighted by Gasteiger charge is -2.40. The van der Waals surface area contributed by atoms with E-state index in [4.69, 9.17) is 0 Å². The van der Waals surface area contributed by atoms with E-state index >= 15 is 0 Å². The van der Waals surface area contributed by atoms with Gasteiger partial charge in [-0.25, -0.2) is 16.8 Å². The molecular weight excluding hydrogens is 358 g/mol.